The van der Waals surface area contributed by atoms with Gasteiger partial charge in [-0.05, 0) is 219 Å². The highest BCUT2D eigenvalue weighted by atomic mass is 32.1. The summed E-state index contributed by atoms with van der Waals surface area (Å²) in [6, 6.07) is 30.7. The average molecular weight is 1450 g/mol. The molecule has 0 saturated carbocycles. The number of benzene rings is 1. The zero-order valence-corrected chi connectivity index (χ0v) is 68.5. The van der Waals surface area contributed by atoms with E-state index in [4.69, 9.17) is 0 Å². The van der Waals surface area contributed by atoms with Gasteiger partial charge in [0, 0.05) is 92.9 Å². The van der Waals surface area contributed by atoms with Crippen LogP contribution in [0, 0.1) is 0 Å². The quantitative estimate of drug-likeness (QED) is 0.0344. The number of thiophene rings is 8. The first kappa shape index (κ1) is 77.8. The Hall–Kier alpha value is -3.38. The van der Waals surface area contributed by atoms with E-state index >= 15 is 0 Å². The largest absolute Gasteiger partial charge is 0.378 e. The molecule has 0 aliphatic heterocycles. The number of rotatable bonds is 49. The number of anilines is 1. The van der Waals surface area contributed by atoms with Gasteiger partial charge in [0.15, 0.2) is 0 Å². The molecule has 0 atom stereocenters. The Bertz CT molecular complexity index is 3660. The Kier molecular flexibility index (Phi) is 33.9. The molecule has 0 aliphatic rings. The molecule has 0 bridgehead atoms. The Labute approximate surface area is 623 Å². The van der Waals surface area contributed by atoms with Gasteiger partial charge in [-0.3, -0.25) is 0 Å². The maximum atomic E-state index is 2.73. The minimum atomic E-state index is 1.15. The van der Waals surface area contributed by atoms with Crippen molar-refractivity contribution < 1.29 is 0 Å². The van der Waals surface area contributed by atoms with Crippen LogP contribution in [-0.2, 0) is 51.4 Å². The van der Waals surface area contributed by atoms with E-state index in [0.717, 1.165) is 32.1 Å². The fourth-order valence-corrected chi connectivity index (χ4v) is 24.6. The lowest BCUT2D eigenvalue weighted by Gasteiger charge is -2.12. The first-order chi connectivity index (χ1) is 47.6. The van der Waals surface area contributed by atoms with Crippen molar-refractivity contribution in [3.63, 3.8) is 0 Å². The molecule has 9 heteroatoms. The second-order valence-electron chi connectivity index (χ2n) is 28.5. The van der Waals surface area contributed by atoms with Gasteiger partial charge >= 0.3 is 0 Å². The van der Waals surface area contributed by atoms with Crippen LogP contribution in [0.1, 0.15) is 305 Å². The molecule has 0 radical (unpaired) electrons. The van der Waals surface area contributed by atoms with Crippen LogP contribution in [0.25, 0.3) is 78.7 Å². The molecular formula is C88H123NS8. The van der Waals surface area contributed by atoms with Crippen LogP contribution in [0.3, 0.4) is 0 Å². The van der Waals surface area contributed by atoms with E-state index in [9.17, 15) is 0 Å². The predicted octanol–water partition coefficient (Wildman–Crippen LogP) is 32.6. The van der Waals surface area contributed by atoms with Gasteiger partial charge in [-0.15, -0.1) is 90.7 Å². The van der Waals surface area contributed by atoms with E-state index in [-0.39, 0.29) is 0 Å². The summed E-state index contributed by atoms with van der Waals surface area (Å²) in [5.74, 6) is 0. The van der Waals surface area contributed by atoms with Gasteiger partial charge in [-0.2, -0.15) is 0 Å². The third-order valence-corrected chi connectivity index (χ3v) is 30.5. The van der Waals surface area contributed by atoms with Crippen molar-refractivity contribution in [2.75, 3.05) is 19.0 Å². The number of hydrogen-bond donors (Lipinski definition) is 0. The first-order valence-corrected chi connectivity index (χ1v) is 46.0. The van der Waals surface area contributed by atoms with Gasteiger partial charge in [0.1, 0.15) is 0 Å². The minimum absolute atomic E-state index is 1.15. The lowest BCUT2D eigenvalue weighted by molar-refractivity contribution is 0.667. The van der Waals surface area contributed by atoms with Crippen LogP contribution in [0.2, 0.25) is 0 Å². The monoisotopic (exact) mass is 1450 g/mol. The second kappa shape index (κ2) is 42.3. The summed E-state index contributed by atoms with van der Waals surface area (Å²) in [6.45, 7) is 18.9. The number of aryl methyl sites for hydroxylation is 8. The highest BCUT2D eigenvalue weighted by Crippen LogP contribution is 2.54. The van der Waals surface area contributed by atoms with Crippen molar-refractivity contribution in [1.82, 2.24) is 0 Å². The van der Waals surface area contributed by atoms with Crippen molar-refractivity contribution in [2.24, 2.45) is 0 Å². The molecule has 9 rings (SSSR count). The molecule has 0 unspecified atom stereocenters. The maximum absolute atomic E-state index is 2.73. The highest BCUT2D eigenvalue weighted by Gasteiger charge is 2.27. The molecule has 0 spiro atoms. The summed E-state index contributed by atoms with van der Waals surface area (Å²) < 4.78 is 0. The Morgan fingerprint density at radius 3 is 0.680 bits per heavy atom. The number of hydrogen-bond acceptors (Lipinski definition) is 9. The van der Waals surface area contributed by atoms with Crippen molar-refractivity contribution in [3.8, 4) is 78.7 Å². The summed E-state index contributed by atoms with van der Waals surface area (Å²) >= 11 is 16.9. The van der Waals surface area contributed by atoms with Crippen LogP contribution < -0.4 is 4.90 Å². The SMILES string of the molecule is CCCCCCc1cc(-c2sc(-c3sc(-c4sc(-c5sc(-c6sc(-c7sc(-c8sccc8CCCCCC)cc7CCCCCC)cc6CCCCCC)cc5CCCCCC)cc4CCCCCC)cc3CCCCCC)cc2CCCCCC)sc1-c1ccc(N(C)C)cc1. The van der Waals surface area contributed by atoms with Crippen molar-refractivity contribution in [2.45, 2.75) is 312 Å². The molecule has 528 valence electrons. The fraction of sp³-hybridized carbons (Fsp3) is 0.568. The average Bonchev–Trinajstić information content (AvgIpc) is 1.62. The molecule has 0 saturated heterocycles. The molecule has 8 heterocycles. The first-order valence-electron chi connectivity index (χ1n) is 39.4. The minimum Gasteiger partial charge on any atom is -0.378 e. The van der Waals surface area contributed by atoms with Crippen molar-refractivity contribution in [1.29, 1.82) is 0 Å². The number of unbranched alkanes of at least 4 members (excludes halogenated alkanes) is 24. The zero-order chi connectivity index (χ0) is 68.1. The van der Waals surface area contributed by atoms with Crippen LogP contribution in [0.15, 0.2) is 78.2 Å². The molecule has 0 aliphatic carbocycles. The Morgan fingerprint density at radius 1 is 0.227 bits per heavy atom. The third-order valence-electron chi connectivity index (χ3n) is 20.0. The summed E-state index contributed by atoms with van der Waals surface area (Å²) in [5, 5.41) is 2.37. The summed E-state index contributed by atoms with van der Waals surface area (Å²) in [4.78, 5) is 25.1. The van der Waals surface area contributed by atoms with E-state index in [2.05, 4.69) is 232 Å². The molecule has 9 aromatic rings. The topological polar surface area (TPSA) is 3.24 Å². The van der Waals surface area contributed by atoms with E-state index in [1.54, 1.807) is 68.9 Å². The smallest absolute Gasteiger partial charge is 0.0481 e. The third kappa shape index (κ3) is 22.3. The standard InChI is InChI=1S/C88H123NS8/c1-11-19-27-35-43-64-55-56-90-82(64)74-58-67(45-37-29-21-13-3)84(92-74)76-60-69(47-39-31-23-15-5)86(94-76)78-62-71(49-41-33-25-17-7)88(96-78)80-63-72(50-42-34-26-18-8)87(97-80)79-61-70(48-40-32-24-16-6)85(95-79)77-59-68(46-38-30-22-14-4)83(93-77)75-57-66(44-36-28-20-12-2)81(91-75)65-51-53-73(54-52-65)89(9)10/h51-63H,11-50H2,1-10H3. The predicted molar refractivity (Wildman–Crippen MR) is 450 cm³/mol. The summed E-state index contributed by atoms with van der Waals surface area (Å²) in [5.41, 5.74) is 15.3. The maximum Gasteiger partial charge on any atom is 0.0481 e. The highest BCUT2D eigenvalue weighted by molar-refractivity contribution is 7.32. The zero-order valence-electron chi connectivity index (χ0n) is 62.0. The Morgan fingerprint density at radius 2 is 0.443 bits per heavy atom. The van der Waals surface area contributed by atoms with Crippen LogP contribution in [0.5, 0.6) is 0 Å². The number of nitrogens with zero attached hydrogens (tertiary/aromatic N) is 1. The van der Waals surface area contributed by atoms with E-state index < -0.39 is 0 Å². The van der Waals surface area contributed by atoms with Crippen molar-refractivity contribution in [3.05, 3.63) is 123 Å². The van der Waals surface area contributed by atoms with Crippen LogP contribution in [0.4, 0.5) is 5.69 Å². The Balaban J connectivity index is 1.15. The molecular weight excluding hydrogens is 1330 g/mol. The van der Waals surface area contributed by atoms with Gasteiger partial charge < -0.3 is 4.90 Å². The molecule has 8 aromatic heterocycles. The summed E-state index contributed by atoms with van der Waals surface area (Å²) in [6.07, 6.45) is 50.7. The molecule has 1 aromatic carbocycles. The van der Waals surface area contributed by atoms with Crippen molar-refractivity contribution >= 4 is 96.4 Å². The van der Waals surface area contributed by atoms with E-state index in [0.29, 0.717) is 0 Å². The lowest BCUT2D eigenvalue weighted by atomic mass is 10.0. The van der Waals surface area contributed by atoms with Crippen LogP contribution >= 0.6 is 90.7 Å². The molecule has 0 amide bonds. The van der Waals surface area contributed by atoms with Gasteiger partial charge in [0.05, 0.1) is 0 Å². The fourth-order valence-electron chi connectivity index (χ4n) is 14.2. The van der Waals surface area contributed by atoms with E-state index in [1.165, 1.54) is 285 Å². The summed E-state index contributed by atoms with van der Waals surface area (Å²) in [7, 11) is 4.31. The van der Waals surface area contributed by atoms with Gasteiger partial charge in [0.2, 0.25) is 0 Å². The van der Waals surface area contributed by atoms with Gasteiger partial charge in [-0.25, -0.2) is 0 Å². The molecule has 97 heavy (non-hydrogen) atoms. The van der Waals surface area contributed by atoms with Crippen LogP contribution in [-0.4, -0.2) is 14.1 Å². The molecule has 0 fully saturated rings. The molecule has 1 nitrogen and oxygen atoms in total. The van der Waals surface area contributed by atoms with E-state index in [1.807, 2.05) is 11.3 Å². The normalized spacial score (nSPS) is 11.8. The van der Waals surface area contributed by atoms with Gasteiger partial charge in [-0.1, -0.05) is 222 Å². The molecule has 0 N–H and O–H groups in total. The van der Waals surface area contributed by atoms with Gasteiger partial charge in [0.25, 0.3) is 0 Å². The lowest BCUT2D eigenvalue weighted by Crippen LogP contribution is -2.07. The second-order valence-corrected chi connectivity index (χ2v) is 36.7.